The first kappa shape index (κ1) is 8.65. The minimum absolute atomic E-state index is 0. The van der Waals surface area contributed by atoms with Crippen molar-refractivity contribution in [2.45, 2.75) is 0 Å². The molecule has 0 spiro atoms. The largest absolute Gasteiger partial charge is 0.465 e. The van der Waals surface area contributed by atoms with Crippen molar-refractivity contribution in [1.29, 1.82) is 0 Å². The smallest absolute Gasteiger partial charge is 0.412 e. The first-order chi connectivity index (χ1) is 3.80. The molecule has 9 heavy (non-hydrogen) atoms. The van der Waals surface area contributed by atoms with Gasteiger partial charge in [-0.15, -0.1) is 24.2 Å². The van der Waals surface area contributed by atoms with Gasteiger partial charge in [0.15, 0.2) is 0 Å². The zero-order chi connectivity index (χ0) is 5.98. The molecular weight excluding hydrogens is 162 g/mol. The van der Waals surface area contributed by atoms with Crippen molar-refractivity contribution in [1.82, 2.24) is 4.90 Å². The summed E-state index contributed by atoms with van der Waals surface area (Å²) in [5.74, 6) is 0.537. The monoisotopic (exact) mass is 167 g/mol. The molecule has 0 aromatic carbocycles. The van der Waals surface area contributed by atoms with E-state index in [-0.39, 0.29) is 12.4 Å². The van der Waals surface area contributed by atoms with Crippen LogP contribution < -0.4 is 0 Å². The quantitative estimate of drug-likeness (QED) is 0.596. The molecule has 0 aromatic rings. The second-order valence-electron chi connectivity index (χ2n) is 1.33. The molecule has 5 heteroatoms. The Hall–Kier alpha value is -0.350. The predicted octanol–water partition coefficient (Wildman–Crippen LogP) is 1.56. The number of hydrogen-bond acceptors (Lipinski definition) is 2. The van der Waals surface area contributed by atoms with Crippen molar-refractivity contribution in [3.63, 3.8) is 0 Å². The van der Waals surface area contributed by atoms with E-state index in [4.69, 9.17) is 5.11 Å². The van der Waals surface area contributed by atoms with Crippen molar-refractivity contribution < 1.29 is 9.90 Å². The van der Waals surface area contributed by atoms with E-state index in [2.05, 4.69) is 0 Å². The van der Waals surface area contributed by atoms with Gasteiger partial charge >= 0.3 is 6.09 Å². The molecule has 0 atom stereocenters. The summed E-state index contributed by atoms with van der Waals surface area (Å²) in [6, 6.07) is 0. The molecule has 0 saturated carbocycles. The highest BCUT2D eigenvalue weighted by Crippen LogP contribution is 2.14. The summed E-state index contributed by atoms with van der Waals surface area (Å²) >= 11 is 1.48. The van der Waals surface area contributed by atoms with Crippen molar-refractivity contribution in [3.8, 4) is 0 Å². The maximum absolute atomic E-state index is 10.1. The molecule has 1 aliphatic rings. The van der Waals surface area contributed by atoms with Gasteiger partial charge in [0, 0.05) is 6.20 Å². The number of amides is 1. The molecule has 0 bridgehead atoms. The van der Waals surface area contributed by atoms with E-state index in [0.717, 1.165) is 0 Å². The molecular formula is C4H6ClNO2S. The number of hydrogen-bond donors (Lipinski definition) is 1. The fourth-order valence-electron chi connectivity index (χ4n) is 0.402. The maximum atomic E-state index is 10.1. The summed E-state index contributed by atoms with van der Waals surface area (Å²) in [6.07, 6.45) is 0.666. The summed E-state index contributed by atoms with van der Waals surface area (Å²) in [5, 5.41) is 10.0. The molecule has 1 heterocycles. The van der Waals surface area contributed by atoms with E-state index in [0.29, 0.717) is 5.88 Å². The Morgan fingerprint density at radius 2 is 2.44 bits per heavy atom. The third kappa shape index (κ3) is 2.15. The Labute approximate surface area is 63.1 Å². The molecule has 0 fully saturated rings. The summed E-state index contributed by atoms with van der Waals surface area (Å²) in [7, 11) is 0. The Morgan fingerprint density at radius 3 is 2.67 bits per heavy atom. The number of thioether (sulfide) groups is 1. The Morgan fingerprint density at radius 1 is 1.78 bits per heavy atom. The van der Waals surface area contributed by atoms with Crippen LogP contribution in [0, 0.1) is 0 Å². The zero-order valence-electron chi connectivity index (χ0n) is 4.48. The molecule has 1 N–H and O–H groups in total. The Bertz CT molecular complexity index is 139. The lowest BCUT2D eigenvalue weighted by Gasteiger charge is -2.04. The standard InChI is InChI=1S/C4H5NO2S.ClH/c6-4(7)5-1-2-8-3-5;/h1-2H,3H2,(H,6,7);1H. The van der Waals surface area contributed by atoms with Crippen LogP contribution >= 0.6 is 24.2 Å². The summed E-state index contributed by atoms with van der Waals surface area (Å²) < 4.78 is 0. The van der Waals surface area contributed by atoms with Gasteiger partial charge in [0.1, 0.15) is 0 Å². The molecule has 3 nitrogen and oxygen atoms in total. The molecule has 0 aromatic heterocycles. The summed E-state index contributed by atoms with van der Waals surface area (Å²) in [5.41, 5.74) is 0. The number of rotatable bonds is 0. The van der Waals surface area contributed by atoms with Crippen LogP contribution in [0.15, 0.2) is 11.6 Å². The SMILES string of the molecule is Cl.O=C(O)N1C=CSC1. The molecule has 0 aliphatic carbocycles. The van der Waals surface area contributed by atoms with Gasteiger partial charge < -0.3 is 5.11 Å². The number of nitrogens with zero attached hydrogens (tertiary/aromatic N) is 1. The van der Waals surface area contributed by atoms with Crippen molar-refractivity contribution in [2.24, 2.45) is 0 Å². The molecule has 0 radical (unpaired) electrons. The molecule has 1 aliphatic heterocycles. The number of carbonyl (C=O) groups is 1. The third-order valence-corrected chi connectivity index (χ3v) is 1.54. The minimum atomic E-state index is -0.883. The first-order valence-corrected chi connectivity index (χ1v) is 3.13. The predicted molar refractivity (Wildman–Crippen MR) is 38.7 cm³/mol. The molecule has 0 unspecified atom stereocenters. The first-order valence-electron chi connectivity index (χ1n) is 2.08. The van der Waals surface area contributed by atoms with Crippen LogP contribution in [0.1, 0.15) is 0 Å². The summed E-state index contributed by atoms with van der Waals surface area (Å²) in [6.45, 7) is 0. The van der Waals surface area contributed by atoms with Crippen LogP contribution in [-0.2, 0) is 0 Å². The van der Waals surface area contributed by atoms with E-state index in [1.54, 1.807) is 11.6 Å². The van der Waals surface area contributed by atoms with E-state index in [1.807, 2.05) is 0 Å². The lowest BCUT2D eigenvalue weighted by atomic mass is 10.8. The van der Waals surface area contributed by atoms with E-state index < -0.39 is 6.09 Å². The van der Waals surface area contributed by atoms with Gasteiger partial charge in [0.2, 0.25) is 0 Å². The van der Waals surface area contributed by atoms with Gasteiger partial charge in [-0.25, -0.2) is 4.79 Å². The lowest BCUT2D eigenvalue weighted by molar-refractivity contribution is 0.169. The van der Waals surface area contributed by atoms with E-state index in [9.17, 15) is 4.79 Å². The molecule has 0 saturated heterocycles. The number of halogens is 1. The summed E-state index contributed by atoms with van der Waals surface area (Å²) in [4.78, 5) is 11.3. The highest BCUT2D eigenvalue weighted by molar-refractivity contribution is 8.02. The molecule has 52 valence electrons. The second-order valence-corrected chi connectivity index (χ2v) is 2.20. The number of carboxylic acid groups (broad SMARTS) is 1. The van der Waals surface area contributed by atoms with Crippen molar-refractivity contribution in [3.05, 3.63) is 11.6 Å². The fourth-order valence-corrected chi connectivity index (χ4v) is 1.08. The van der Waals surface area contributed by atoms with Gasteiger partial charge in [0.25, 0.3) is 0 Å². The van der Waals surface area contributed by atoms with Crippen molar-refractivity contribution in [2.75, 3.05) is 5.88 Å². The van der Waals surface area contributed by atoms with E-state index >= 15 is 0 Å². The van der Waals surface area contributed by atoms with Crippen LogP contribution in [0.2, 0.25) is 0 Å². The van der Waals surface area contributed by atoms with Gasteiger partial charge in [-0.3, -0.25) is 4.90 Å². The van der Waals surface area contributed by atoms with Gasteiger partial charge in [-0.1, -0.05) is 0 Å². The fraction of sp³-hybridized carbons (Fsp3) is 0.250. The highest BCUT2D eigenvalue weighted by Gasteiger charge is 2.10. The lowest BCUT2D eigenvalue weighted by Crippen LogP contribution is -2.19. The van der Waals surface area contributed by atoms with Gasteiger partial charge in [-0.05, 0) is 5.41 Å². The molecule has 1 amide bonds. The Balaban J connectivity index is 0.000000640. The van der Waals surface area contributed by atoms with Gasteiger partial charge in [-0.2, -0.15) is 0 Å². The maximum Gasteiger partial charge on any atom is 0.412 e. The van der Waals surface area contributed by atoms with Crippen LogP contribution in [-0.4, -0.2) is 22.0 Å². The van der Waals surface area contributed by atoms with Crippen LogP contribution in [0.25, 0.3) is 0 Å². The minimum Gasteiger partial charge on any atom is -0.465 e. The average molecular weight is 168 g/mol. The van der Waals surface area contributed by atoms with Gasteiger partial charge in [0.05, 0.1) is 5.88 Å². The normalized spacial score (nSPS) is 15.3. The Kier molecular flexibility index (Phi) is 3.49. The van der Waals surface area contributed by atoms with E-state index in [1.165, 1.54) is 16.7 Å². The highest BCUT2D eigenvalue weighted by atomic mass is 35.5. The molecule has 1 rings (SSSR count). The van der Waals surface area contributed by atoms with Crippen LogP contribution in [0.3, 0.4) is 0 Å². The van der Waals surface area contributed by atoms with Crippen LogP contribution in [0.4, 0.5) is 4.79 Å². The second kappa shape index (κ2) is 3.63. The van der Waals surface area contributed by atoms with Crippen LogP contribution in [0.5, 0.6) is 0 Å². The zero-order valence-corrected chi connectivity index (χ0v) is 6.11. The average Bonchev–Trinajstić information content (AvgIpc) is 2.12. The van der Waals surface area contributed by atoms with Crippen molar-refractivity contribution >= 4 is 30.3 Å². The topological polar surface area (TPSA) is 40.5 Å². The third-order valence-electron chi connectivity index (χ3n) is 0.796.